The highest BCUT2D eigenvalue weighted by atomic mass is 32.2. The first-order valence-electron chi connectivity index (χ1n) is 10.3. The van der Waals surface area contributed by atoms with E-state index in [9.17, 15) is 9.59 Å². The minimum atomic E-state index is -0.228. The van der Waals surface area contributed by atoms with Gasteiger partial charge in [-0.1, -0.05) is 0 Å². The number of likely N-dealkylation sites (tertiary alicyclic amines) is 1. The second-order valence-electron chi connectivity index (χ2n) is 7.63. The number of ether oxygens (including phenoxy) is 1. The van der Waals surface area contributed by atoms with E-state index in [-0.39, 0.29) is 16.8 Å². The van der Waals surface area contributed by atoms with Crippen molar-refractivity contribution in [3.63, 3.8) is 0 Å². The third kappa shape index (κ3) is 4.65. The average molecular weight is 458 g/mol. The van der Waals surface area contributed by atoms with Crippen molar-refractivity contribution in [2.24, 2.45) is 0 Å². The Morgan fingerprint density at radius 1 is 1.03 bits per heavy atom. The van der Waals surface area contributed by atoms with Crippen LogP contribution >= 0.6 is 23.5 Å². The summed E-state index contributed by atoms with van der Waals surface area (Å²) < 4.78 is 5.20. The molecule has 0 atom stereocenters. The molecule has 1 N–H and O–H groups in total. The second-order valence-corrected chi connectivity index (χ2v) is 9.96. The van der Waals surface area contributed by atoms with Gasteiger partial charge in [0.1, 0.15) is 5.75 Å². The molecule has 2 aliphatic rings. The lowest BCUT2D eigenvalue weighted by atomic mass is 10.0. The molecule has 0 saturated carbocycles. The number of nitrogens with zero attached hydrogens (tertiary/aromatic N) is 2. The fraction of sp³-hybridized carbons (Fsp3) is 0.391. The molecule has 8 heteroatoms. The van der Waals surface area contributed by atoms with Crippen molar-refractivity contribution in [2.75, 3.05) is 44.1 Å². The number of hydrogen-bond donors (Lipinski definition) is 1. The van der Waals surface area contributed by atoms with E-state index >= 15 is 0 Å². The molecule has 164 valence electrons. The minimum Gasteiger partial charge on any atom is -0.497 e. The number of benzene rings is 2. The zero-order valence-electron chi connectivity index (χ0n) is 17.8. The first-order chi connectivity index (χ1) is 15.0. The number of methoxy groups -OCH3 is 1. The van der Waals surface area contributed by atoms with E-state index in [0.29, 0.717) is 18.7 Å². The summed E-state index contributed by atoms with van der Waals surface area (Å²) in [4.78, 5) is 30.7. The topological polar surface area (TPSA) is 61.9 Å². The molecular formula is C23H27N3O3S2. The first-order valence-corrected chi connectivity index (χ1v) is 12.6. The average Bonchev–Trinajstić information content (AvgIpc) is 3.22. The number of hydrogen-bond acceptors (Lipinski definition) is 5. The number of piperidine rings is 1. The highest BCUT2D eigenvalue weighted by molar-refractivity contribution is 8.00. The molecule has 2 aliphatic heterocycles. The molecule has 1 spiro atoms. The Morgan fingerprint density at radius 2 is 1.71 bits per heavy atom. The van der Waals surface area contributed by atoms with E-state index in [1.807, 2.05) is 76.3 Å². The normalized spacial score (nSPS) is 17.6. The van der Waals surface area contributed by atoms with E-state index < -0.39 is 0 Å². The minimum absolute atomic E-state index is 0.0550. The molecule has 2 aromatic carbocycles. The van der Waals surface area contributed by atoms with Crippen molar-refractivity contribution in [1.29, 1.82) is 0 Å². The number of anilines is 1. The zero-order chi connectivity index (χ0) is 21.8. The SMILES string of the molecule is COc1ccc(C(=O)N2CCSC23CCN(C(=O)Nc2ccc(SC)cc2)CC3)cc1. The fourth-order valence-corrected chi connectivity index (χ4v) is 6.00. The number of nitrogens with one attached hydrogen (secondary N) is 1. The maximum Gasteiger partial charge on any atom is 0.321 e. The smallest absolute Gasteiger partial charge is 0.321 e. The maximum absolute atomic E-state index is 13.2. The van der Waals surface area contributed by atoms with Gasteiger partial charge in [-0.2, -0.15) is 0 Å². The van der Waals surface area contributed by atoms with Crippen molar-refractivity contribution in [2.45, 2.75) is 22.6 Å². The molecule has 2 heterocycles. The Hall–Kier alpha value is -2.32. The summed E-state index contributed by atoms with van der Waals surface area (Å²) in [6, 6.07) is 15.1. The van der Waals surface area contributed by atoms with Crippen molar-refractivity contribution >= 4 is 41.1 Å². The lowest BCUT2D eigenvalue weighted by molar-refractivity contribution is 0.0585. The van der Waals surface area contributed by atoms with Crippen LogP contribution in [-0.2, 0) is 0 Å². The molecule has 0 radical (unpaired) electrons. The number of rotatable bonds is 4. The van der Waals surface area contributed by atoms with Gasteiger partial charge in [-0.3, -0.25) is 4.79 Å². The van der Waals surface area contributed by atoms with Crippen LogP contribution in [-0.4, -0.2) is 65.4 Å². The monoisotopic (exact) mass is 457 g/mol. The van der Waals surface area contributed by atoms with E-state index in [2.05, 4.69) is 5.32 Å². The highest BCUT2D eigenvalue weighted by Crippen LogP contribution is 2.44. The van der Waals surface area contributed by atoms with Crippen LogP contribution in [0.1, 0.15) is 23.2 Å². The molecule has 0 unspecified atom stereocenters. The van der Waals surface area contributed by atoms with Crippen LogP contribution in [0.15, 0.2) is 53.4 Å². The van der Waals surface area contributed by atoms with Crippen LogP contribution in [0.2, 0.25) is 0 Å². The van der Waals surface area contributed by atoms with Gasteiger partial charge in [-0.15, -0.1) is 23.5 Å². The summed E-state index contributed by atoms with van der Waals surface area (Å²) >= 11 is 3.52. The standard InChI is InChI=1S/C23H27N3O3S2/c1-29-19-7-3-17(4-8-19)21(27)26-15-16-31-23(26)11-13-25(14-12-23)22(28)24-18-5-9-20(30-2)10-6-18/h3-10H,11-16H2,1-2H3,(H,24,28). The molecule has 0 aliphatic carbocycles. The fourth-order valence-electron chi connectivity index (χ4n) is 4.13. The number of amides is 3. The number of carbonyl (C=O) groups excluding carboxylic acids is 2. The summed E-state index contributed by atoms with van der Waals surface area (Å²) in [5, 5.41) is 2.99. The molecule has 2 fully saturated rings. The van der Waals surface area contributed by atoms with E-state index in [4.69, 9.17) is 4.74 Å². The molecule has 2 saturated heterocycles. The Bertz CT molecular complexity index is 926. The van der Waals surface area contributed by atoms with Gasteiger partial charge >= 0.3 is 6.03 Å². The lowest BCUT2D eigenvalue weighted by Crippen LogP contribution is -2.54. The zero-order valence-corrected chi connectivity index (χ0v) is 19.4. The van der Waals surface area contributed by atoms with Crippen LogP contribution in [0, 0.1) is 0 Å². The molecule has 6 nitrogen and oxygen atoms in total. The van der Waals surface area contributed by atoms with Crippen molar-refractivity contribution in [3.8, 4) is 5.75 Å². The molecular weight excluding hydrogens is 430 g/mol. The predicted octanol–water partition coefficient (Wildman–Crippen LogP) is 4.63. The Morgan fingerprint density at radius 3 is 2.32 bits per heavy atom. The highest BCUT2D eigenvalue weighted by Gasteiger charge is 2.47. The van der Waals surface area contributed by atoms with Crippen LogP contribution < -0.4 is 10.1 Å². The van der Waals surface area contributed by atoms with Gasteiger partial charge in [0, 0.05) is 41.5 Å². The van der Waals surface area contributed by atoms with Crippen LogP contribution in [0.3, 0.4) is 0 Å². The molecule has 0 bridgehead atoms. The quantitative estimate of drug-likeness (QED) is 0.679. The van der Waals surface area contributed by atoms with Crippen LogP contribution in [0.4, 0.5) is 10.5 Å². The van der Waals surface area contributed by atoms with Gasteiger partial charge in [0.2, 0.25) is 0 Å². The molecule has 2 aromatic rings. The molecule has 3 amide bonds. The van der Waals surface area contributed by atoms with Gasteiger partial charge < -0.3 is 19.9 Å². The maximum atomic E-state index is 13.2. The van der Waals surface area contributed by atoms with Gasteiger partial charge in [0.25, 0.3) is 5.91 Å². The largest absolute Gasteiger partial charge is 0.497 e. The summed E-state index contributed by atoms with van der Waals surface area (Å²) in [5.74, 6) is 1.72. The van der Waals surface area contributed by atoms with Crippen molar-refractivity contribution in [3.05, 3.63) is 54.1 Å². The summed E-state index contributed by atoms with van der Waals surface area (Å²) in [7, 11) is 1.62. The number of carbonyl (C=O) groups is 2. The van der Waals surface area contributed by atoms with Crippen molar-refractivity contribution in [1.82, 2.24) is 9.80 Å². The number of thioether (sulfide) groups is 2. The first kappa shape index (κ1) is 21.9. The molecule has 0 aromatic heterocycles. The van der Waals surface area contributed by atoms with Crippen molar-refractivity contribution < 1.29 is 14.3 Å². The van der Waals surface area contributed by atoms with Gasteiger partial charge in [0.15, 0.2) is 0 Å². The van der Waals surface area contributed by atoms with Crippen LogP contribution in [0.25, 0.3) is 0 Å². The van der Waals surface area contributed by atoms with Gasteiger partial charge in [-0.25, -0.2) is 4.79 Å². The Balaban J connectivity index is 1.38. The Kier molecular flexibility index (Phi) is 6.67. The van der Waals surface area contributed by atoms with E-state index in [1.54, 1.807) is 18.9 Å². The molecule has 4 rings (SSSR count). The predicted molar refractivity (Wildman–Crippen MR) is 127 cm³/mol. The van der Waals surface area contributed by atoms with E-state index in [1.165, 1.54) is 0 Å². The third-order valence-electron chi connectivity index (χ3n) is 5.93. The van der Waals surface area contributed by atoms with E-state index in [0.717, 1.165) is 41.5 Å². The molecule has 31 heavy (non-hydrogen) atoms. The summed E-state index contributed by atoms with van der Waals surface area (Å²) in [5.41, 5.74) is 1.48. The lowest BCUT2D eigenvalue weighted by Gasteiger charge is -2.44. The van der Waals surface area contributed by atoms with Gasteiger partial charge in [0.05, 0.1) is 12.0 Å². The third-order valence-corrected chi connectivity index (χ3v) is 8.23. The summed E-state index contributed by atoms with van der Waals surface area (Å²) in [6.07, 6.45) is 3.58. The Labute approximate surface area is 191 Å². The second kappa shape index (κ2) is 9.44. The summed E-state index contributed by atoms with van der Waals surface area (Å²) in [6.45, 7) is 2.01. The van der Waals surface area contributed by atoms with Crippen LogP contribution in [0.5, 0.6) is 5.75 Å². The van der Waals surface area contributed by atoms with Gasteiger partial charge in [-0.05, 0) is 67.6 Å². The number of urea groups is 1.